The second-order valence-electron chi connectivity index (χ2n) is 8.23. The van der Waals surface area contributed by atoms with E-state index in [0.717, 1.165) is 19.3 Å². The summed E-state index contributed by atoms with van der Waals surface area (Å²) in [4.78, 5) is 12.6. The van der Waals surface area contributed by atoms with Crippen LogP contribution in [0.5, 0.6) is 0 Å². The lowest BCUT2D eigenvalue weighted by molar-refractivity contribution is 0.249. The quantitative estimate of drug-likeness (QED) is 0.376. The third-order valence-corrected chi connectivity index (χ3v) is 8.44. The van der Waals surface area contributed by atoms with Crippen LogP contribution in [-0.2, 0) is 9.84 Å². The molecule has 0 spiro atoms. The molecule has 9 heteroatoms. The molecule has 0 saturated carbocycles. The molecular formula is C24H29Cl2N3O3S. The number of carbonyl (C=O) groups is 1. The number of urea groups is 1. The second-order valence-corrected chi connectivity index (χ2v) is 11.1. The van der Waals surface area contributed by atoms with Crippen LogP contribution in [0.15, 0.2) is 60.0 Å². The molecule has 1 aliphatic rings. The van der Waals surface area contributed by atoms with E-state index >= 15 is 0 Å². The molecule has 1 aliphatic heterocycles. The maximum absolute atomic E-state index is 12.7. The van der Waals surface area contributed by atoms with Crippen LogP contribution in [0, 0.1) is 0 Å². The molecule has 33 heavy (non-hydrogen) atoms. The largest absolute Gasteiger partial charge is 0.331 e. The maximum atomic E-state index is 12.7. The first-order valence-electron chi connectivity index (χ1n) is 10.9. The minimum atomic E-state index is -3.38. The Bertz CT molecular complexity index is 1090. The van der Waals surface area contributed by atoms with Gasteiger partial charge in [0, 0.05) is 17.8 Å². The zero-order valence-corrected chi connectivity index (χ0v) is 20.8. The Morgan fingerprint density at radius 1 is 1.21 bits per heavy atom. The number of benzene rings is 2. The number of hydrogen-bond acceptors (Lipinski definition) is 4. The van der Waals surface area contributed by atoms with Crippen LogP contribution in [0.1, 0.15) is 44.2 Å². The summed E-state index contributed by atoms with van der Waals surface area (Å²) in [6.45, 7) is 5.59. The SMILES string of the molecule is C=CC1CCC(CCCS(=O)(=O)c2ccc(NC(=O)NC(C)c3cccc(Cl)c3Cl)cc2)N1. The monoisotopic (exact) mass is 509 g/mol. The van der Waals surface area contributed by atoms with Gasteiger partial charge in [0.15, 0.2) is 9.84 Å². The first-order chi connectivity index (χ1) is 15.7. The standard InChI is InChI=1S/C24H29Cl2N3O3S/c1-3-17-9-10-18(28-17)6-5-15-33(31,32)20-13-11-19(12-14-20)29-24(30)27-16(2)21-7-4-8-22(25)23(21)26/h3-4,7-8,11-14,16-18,28H,1,5-6,9-10,15H2,2H3,(H2,27,29,30). The van der Waals surface area contributed by atoms with Gasteiger partial charge in [-0.1, -0.05) is 41.4 Å². The van der Waals surface area contributed by atoms with Gasteiger partial charge >= 0.3 is 6.03 Å². The first-order valence-corrected chi connectivity index (χ1v) is 13.3. The molecule has 0 aliphatic carbocycles. The second kappa shape index (κ2) is 11.4. The smallest absolute Gasteiger partial charge is 0.319 e. The van der Waals surface area contributed by atoms with E-state index in [9.17, 15) is 13.2 Å². The van der Waals surface area contributed by atoms with Crippen LogP contribution in [-0.4, -0.2) is 32.3 Å². The van der Waals surface area contributed by atoms with Crippen molar-refractivity contribution in [3.63, 3.8) is 0 Å². The normalized spacial score (nSPS) is 19.1. The average molecular weight is 510 g/mol. The zero-order chi connectivity index (χ0) is 24.0. The van der Waals surface area contributed by atoms with Gasteiger partial charge in [0.2, 0.25) is 0 Å². The van der Waals surface area contributed by atoms with E-state index in [1.807, 2.05) is 6.08 Å². The van der Waals surface area contributed by atoms with Crippen molar-refractivity contribution < 1.29 is 13.2 Å². The van der Waals surface area contributed by atoms with Crippen LogP contribution >= 0.6 is 23.2 Å². The van der Waals surface area contributed by atoms with E-state index in [1.54, 1.807) is 37.3 Å². The Balaban J connectivity index is 1.51. The van der Waals surface area contributed by atoms with Crippen LogP contribution < -0.4 is 16.0 Å². The highest BCUT2D eigenvalue weighted by Gasteiger charge is 2.22. The Morgan fingerprint density at radius 2 is 1.94 bits per heavy atom. The van der Waals surface area contributed by atoms with Crippen molar-refractivity contribution in [3.05, 3.63) is 70.7 Å². The maximum Gasteiger partial charge on any atom is 0.319 e. The number of anilines is 1. The summed E-state index contributed by atoms with van der Waals surface area (Å²) < 4.78 is 25.3. The number of nitrogens with one attached hydrogen (secondary N) is 3. The summed E-state index contributed by atoms with van der Waals surface area (Å²) in [5.41, 5.74) is 1.19. The molecule has 1 saturated heterocycles. The Labute approximate surface area is 205 Å². The fourth-order valence-electron chi connectivity index (χ4n) is 3.94. The van der Waals surface area contributed by atoms with Crippen LogP contribution in [0.4, 0.5) is 10.5 Å². The fraction of sp³-hybridized carbons (Fsp3) is 0.375. The summed E-state index contributed by atoms with van der Waals surface area (Å²) in [6.07, 6.45) is 5.41. The summed E-state index contributed by atoms with van der Waals surface area (Å²) in [6, 6.07) is 11.3. The molecule has 1 fully saturated rings. The average Bonchev–Trinajstić information content (AvgIpc) is 3.23. The molecule has 3 rings (SSSR count). The van der Waals surface area contributed by atoms with Gasteiger partial charge in [-0.25, -0.2) is 13.2 Å². The van der Waals surface area contributed by atoms with E-state index in [2.05, 4.69) is 22.5 Å². The molecule has 178 valence electrons. The molecule has 3 atom stereocenters. The molecule has 1 heterocycles. The van der Waals surface area contributed by atoms with Gasteiger partial charge in [0.05, 0.1) is 26.7 Å². The molecule has 6 nitrogen and oxygen atoms in total. The van der Waals surface area contributed by atoms with Gasteiger partial charge in [-0.05, 0) is 68.5 Å². The van der Waals surface area contributed by atoms with E-state index in [-0.39, 0.29) is 16.7 Å². The molecule has 2 amide bonds. The van der Waals surface area contributed by atoms with Gasteiger partial charge in [-0.3, -0.25) is 0 Å². The Morgan fingerprint density at radius 3 is 2.61 bits per heavy atom. The topological polar surface area (TPSA) is 87.3 Å². The summed E-state index contributed by atoms with van der Waals surface area (Å²) in [5, 5.41) is 9.76. The molecular weight excluding hydrogens is 481 g/mol. The van der Waals surface area contributed by atoms with Gasteiger partial charge in [0.1, 0.15) is 0 Å². The van der Waals surface area contributed by atoms with E-state index in [0.29, 0.717) is 39.8 Å². The molecule has 0 aromatic heterocycles. The van der Waals surface area contributed by atoms with Gasteiger partial charge < -0.3 is 16.0 Å². The van der Waals surface area contributed by atoms with Crippen LogP contribution in [0.2, 0.25) is 10.0 Å². The number of carbonyl (C=O) groups excluding carboxylic acids is 1. The van der Waals surface area contributed by atoms with Crippen molar-refractivity contribution in [2.24, 2.45) is 0 Å². The lowest BCUT2D eigenvalue weighted by atomic mass is 10.1. The molecule has 2 aromatic carbocycles. The molecule has 2 aromatic rings. The van der Waals surface area contributed by atoms with E-state index in [4.69, 9.17) is 23.2 Å². The number of amides is 2. The van der Waals surface area contributed by atoms with Crippen LogP contribution in [0.3, 0.4) is 0 Å². The zero-order valence-electron chi connectivity index (χ0n) is 18.5. The first kappa shape index (κ1) is 25.6. The summed E-state index contributed by atoms with van der Waals surface area (Å²) >= 11 is 12.2. The van der Waals surface area contributed by atoms with Gasteiger partial charge in [-0.15, -0.1) is 6.58 Å². The minimum Gasteiger partial charge on any atom is -0.331 e. The lowest BCUT2D eigenvalue weighted by Gasteiger charge is -2.17. The lowest BCUT2D eigenvalue weighted by Crippen LogP contribution is -2.31. The fourth-order valence-corrected chi connectivity index (χ4v) is 5.75. The van der Waals surface area contributed by atoms with E-state index < -0.39 is 15.9 Å². The summed E-state index contributed by atoms with van der Waals surface area (Å²) in [5.74, 6) is 0.0924. The predicted octanol–water partition coefficient (Wildman–Crippen LogP) is 5.74. The highest BCUT2D eigenvalue weighted by molar-refractivity contribution is 7.91. The molecule has 0 bridgehead atoms. The minimum absolute atomic E-state index is 0.0924. The number of hydrogen-bond donors (Lipinski definition) is 3. The van der Waals surface area contributed by atoms with Crippen molar-refractivity contribution in [2.75, 3.05) is 11.1 Å². The number of halogens is 2. The van der Waals surface area contributed by atoms with Crippen LogP contribution in [0.25, 0.3) is 0 Å². The van der Waals surface area contributed by atoms with Crippen molar-refractivity contribution in [1.82, 2.24) is 10.6 Å². The summed E-state index contributed by atoms with van der Waals surface area (Å²) in [7, 11) is -3.38. The molecule has 3 unspecified atom stereocenters. The van der Waals surface area contributed by atoms with Crippen molar-refractivity contribution in [2.45, 2.75) is 55.6 Å². The number of rotatable bonds is 9. The van der Waals surface area contributed by atoms with Crippen molar-refractivity contribution in [3.8, 4) is 0 Å². The third-order valence-electron chi connectivity index (χ3n) is 5.79. The van der Waals surface area contributed by atoms with Crippen molar-refractivity contribution in [1.29, 1.82) is 0 Å². The molecule has 0 radical (unpaired) electrons. The molecule has 3 N–H and O–H groups in total. The Kier molecular flexibility index (Phi) is 8.82. The van der Waals surface area contributed by atoms with E-state index in [1.165, 1.54) is 12.1 Å². The highest BCUT2D eigenvalue weighted by atomic mass is 35.5. The predicted molar refractivity (Wildman–Crippen MR) is 135 cm³/mol. The third kappa shape index (κ3) is 6.96. The highest BCUT2D eigenvalue weighted by Crippen LogP contribution is 2.29. The van der Waals surface area contributed by atoms with Crippen molar-refractivity contribution >= 4 is 44.8 Å². The van der Waals surface area contributed by atoms with Gasteiger partial charge in [-0.2, -0.15) is 0 Å². The number of sulfone groups is 1. The van der Waals surface area contributed by atoms with Gasteiger partial charge in [0.25, 0.3) is 0 Å². The Hall–Kier alpha value is -2.06.